The minimum Gasteiger partial charge on any atom is -0.348 e. The van der Waals surface area contributed by atoms with Gasteiger partial charge in [0.25, 0.3) is 5.91 Å². The lowest BCUT2D eigenvalue weighted by molar-refractivity contribution is 0.0922. The van der Waals surface area contributed by atoms with Gasteiger partial charge >= 0.3 is 0 Å². The van der Waals surface area contributed by atoms with Crippen LogP contribution in [0.1, 0.15) is 48.3 Å². The van der Waals surface area contributed by atoms with Crippen LogP contribution in [0.5, 0.6) is 0 Å². The second-order valence-electron chi connectivity index (χ2n) is 6.90. The Morgan fingerprint density at radius 2 is 1.86 bits per heavy atom. The number of hydrogen-bond acceptors (Lipinski definition) is 6. The lowest BCUT2D eigenvalue weighted by atomic mass is 9.95. The summed E-state index contributed by atoms with van der Waals surface area (Å²) in [7, 11) is 0. The van der Waals surface area contributed by atoms with Crippen molar-refractivity contribution in [3.8, 4) is 5.69 Å². The van der Waals surface area contributed by atoms with E-state index in [1.807, 2.05) is 0 Å². The van der Waals surface area contributed by atoms with Crippen molar-refractivity contribution in [2.75, 3.05) is 0 Å². The van der Waals surface area contributed by atoms with Gasteiger partial charge in [-0.2, -0.15) is 0 Å². The highest BCUT2D eigenvalue weighted by atomic mass is 32.2. The SMILES string of the molecule is O=C(NC1CCCCC1)c1nnn(-c2ccc(F)cc2)c1CSc1ncccn1. The van der Waals surface area contributed by atoms with Crippen LogP contribution in [0, 0.1) is 5.82 Å². The smallest absolute Gasteiger partial charge is 0.274 e. The van der Waals surface area contributed by atoms with Gasteiger partial charge in [0.1, 0.15) is 5.82 Å². The fraction of sp³-hybridized carbons (Fsp3) is 0.350. The number of halogens is 1. The molecular weight excluding hydrogens is 391 g/mol. The van der Waals surface area contributed by atoms with E-state index in [9.17, 15) is 9.18 Å². The molecule has 0 spiro atoms. The number of nitrogens with zero attached hydrogens (tertiary/aromatic N) is 5. The van der Waals surface area contributed by atoms with E-state index in [4.69, 9.17) is 0 Å². The average molecular weight is 412 g/mol. The predicted molar refractivity (Wildman–Crippen MR) is 107 cm³/mol. The van der Waals surface area contributed by atoms with Crippen LogP contribution in [-0.2, 0) is 5.75 Å². The second kappa shape index (κ2) is 9.13. The zero-order valence-electron chi connectivity index (χ0n) is 15.8. The van der Waals surface area contributed by atoms with Crippen molar-refractivity contribution in [1.29, 1.82) is 0 Å². The molecule has 0 bridgehead atoms. The number of carbonyl (C=O) groups is 1. The van der Waals surface area contributed by atoms with Crippen molar-refractivity contribution in [2.45, 2.75) is 49.1 Å². The largest absolute Gasteiger partial charge is 0.348 e. The minimum absolute atomic E-state index is 0.171. The van der Waals surface area contributed by atoms with Gasteiger partial charge in [0, 0.05) is 24.2 Å². The van der Waals surface area contributed by atoms with Crippen LogP contribution in [0.3, 0.4) is 0 Å². The van der Waals surface area contributed by atoms with Crippen LogP contribution in [0.15, 0.2) is 47.9 Å². The first kappa shape index (κ1) is 19.5. The number of benzene rings is 1. The zero-order chi connectivity index (χ0) is 20.1. The molecule has 1 aliphatic rings. The summed E-state index contributed by atoms with van der Waals surface area (Å²) in [5.41, 5.74) is 1.55. The van der Waals surface area contributed by atoms with Crippen LogP contribution >= 0.6 is 11.8 Å². The third-order valence-electron chi connectivity index (χ3n) is 4.87. The van der Waals surface area contributed by atoms with E-state index in [2.05, 4.69) is 25.6 Å². The maximum atomic E-state index is 13.3. The highest BCUT2D eigenvalue weighted by Gasteiger charge is 2.24. The Morgan fingerprint density at radius 1 is 1.14 bits per heavy atom. The van der Waals surface area contributed by atoms with Crippen molar-refractivity contribution in [2.24, 2.45) is 0 Å². The molecule has 4 rings (SSSR count). The molecule has 150 valence electrons. The molecule has 0 radical (unpaired) electrons. The van der Waals surface area contributed by atoms with Crippen molar-refractivity contribution < 1.29 is 9.18 Å². The topological polar surface area (TPSA) is 85.6 Å². The Labute approximate surface area is 172 Å². The summed E-state index contributed by atoms with van der Waals surface area (Å²) in [6.45, 7) is 0. The van der Waals surface area contributed by atoms with Crippen LogP contribution in [0.25, 0.3) is 5.69 Å². The van der Waals surface area contributed by atoms with Gasteiger partial charge in [-0.25, -0.2) is 19.0 Å². The highest BCUT2D eigenvalue weighted by Crippen LogP contribution is 2.24. The summed E-state index contributed by atoms with van der Waals surface area (Å²) >= 11 is 1.39. The zero-order valence-corrected chi connectivity index (χ0v) is 16.6. The van der Waals surface area contributed by atoms with E-state index in [0.29, 0.717) is 22.3 Å². The first-order valence-electron chi connectivity index (χ1n) is 9.62. The van der Waals surface area contributed by atoms with E-state index in [1.54, 1.807) is 35.3 Å². The molecule has 2 aromatic heterocycles. The van der Waals surface area contributed by atoms with Gasteiger partial charge in [-0.05, 0) is 43.2 Å². The first-order valence-corrected chi connectivity index (χ1v) is 10.6. The van der Waals surface area contributed by atoms with Gasteiger partial charge in [0.15, 0.2) is 10.9 Å². The highest BCUT2D eigenvalue weighted by molar-refractivity contribution is 7.98. The summed E-state index contributed by atoms with van der Waals surface area (Å²) < 4.78 is 14.9. The molecule has 1 fully saturated rings. The molecule has 29 heavy (non-hydrogen) atoms. The minimum atomic E-state index is -0.335. The number of carbonyl (C=O) groups excluding carboxylic acids is 1. The number of hydrogen-bond donors (Lipinski definition) is 1. The number of thioether (sulfide) groups is 1. The maximum Gasteiger partial charge on any atom is 0.274 e. The van der Waals surface area contributed by atoms with Gasteiger partial charge in [-0.15, -0.1) is 5.10 Å². The number of rotatable bonds is 6. The van der Waals surface area contributed by atoms with Crippen LogP contribution in [-0.4, -0.2) is 36.9 Å². The van der Waals surface area contributed by atoms with Crippen LogP contribution in [0.4, 0.5) is 4.39 Å². The van der Waals surface area contributed by atoms with E-state index >= 15 is 0 Å². The van der Waals surface area contributed by atoms with Crippen LogP contribution in [0.2, 0.25) is 0 Å². The Bertz CT molecular complexity index is 957. The molecule has 3 aromatic rings. The third-order valence-corrected chi connectivity index (χ3v) is 5.76. The number of nitrogens with one attached hydrogen (secondary N) is 1. The van der Waals surface area contributed by atoms with E-state index in [0.717, 1.165) is 25.7 Å². The summed E-state index contributed by atoms with van der Waals surface area (Å²) in [4.78, 5) is 21.3. The second-order valence-corrected chi connectivity index (χ2v) is 7.84. The monoisotopic (exact) mass is 412 g/mol. The van der Waals surface area contributed by atoms with Crippen LogP contribution < -0.4 is 5.32 Å². The quantitative estimate of drug-likeness (QED) is 0.492. The van der Waals surface area contributed by atoms with Gasteiger partial charge in [-0.1, -0.05) is 36.2 Å². The lowest BCUT2D eigenvalue weighted by Gasteiger charge is -2.22. The molecule has 1 N–H and O–H groups in total. The molecule has 9 heteroatoms. The fourth-order valence-corrected chi connectivity index (χ4v) is 4.19. The molecular formula is C20H21FN6OS. The van der Waals surface area contributed by atoms with Crippen molar-refractivity contribution in [3.63, 3.8) is 0 Å². The van der Waals surface area contributed by atoms with Crippen molar-refractivity contribution >= 4 is 17.7 Å². The molecule has 7 nitrogen and oxygen atoms in total. The predicted octanol–water partition coefficient (Wildman–Crippen LogP) is 3.55. The summed E-state index contributed by atoms with van der Waals surface area (Å²) in [6, 6.07) is 7.86. The summed E-state index contributed by atoms with van der Waals surface area (Å²) in [5.74, 6) is -0.158. The molecule has 0 unspecified atom stereocenters. The van der Waals surface area contributed by atoms with Gasteiger partial charge in [0.05, 0.1) is 11.4 Å². The first-order chi connectivity index (χ1) is 14.2. The van der Waals surface area contributed by atoms with E-state index < -0.39 is 0 Å². The summed E-state index contributed by atoms with van der Waals surface area (Å²) in [6.07, 6.45) is 8.78. The molecule has 1 amide bonds. The Kier molecular flexibility index (Phi) is 6.14. The molecule has 1 aromatic carbocycles. The standard InChI is InChI=1S/C20H21FN6OS/c21-14-7-9-16(10-8-14)27-17(13-29-20-22-11-4-12-23-20)18(25-26-27)19(28)24-15-5-2-1-3-6-15/h4,7-12,15H,1-3,5-6,13H2,(H,24,28). The van der Waals surface area contributed by atoms with Gasteiger partial charge in [0.2, 0.25) is 0 Å². The van der Waals surface area contributed by atoms with Crippen molar-refractivity contribution in [3.05, 3.63) is 59.9 Å². The Hall–Kier alpha value is -2.81. The van der Waals surface area contributed by atoms with E-state index in [1.165, 1.54) is 30.3 Å². The Morgan fingerprint density at radius 3 is 2.59 bits per heavy atom. The maximum absolute atomic E-state index is 13.3. The molecule has 0 aliphatic heterocycles. The third kappa shape index (κ3) is 4.79. The van der Waals surface area contributed by atoms with Gasteiger partial charge in [-0.3, -0.25) is 4.79 Å². The number of amides is 1. The molecule has 2 heterocycles. The molecule has 0 saturated heterocycles. The van der Waals surface area contributed by atoms with E-state index in [-0.39, 0.29) is 23.5 Å². The lowest BCUT2D eigenvalue weighted by Crippen LogP contribution is -2.36. The molecule has 0 atom stereocenters. The average Bonchev–Trinajstić information content (AvgIpc) is 3.18. The molecule has 1 aliphatic carbocycles. The normalized spacial score (nSPS) is 14.7. The fourth-order valence-electron chi connectivity index (χ4n) is 3.39. The van der Waals surface area contributed by atoms with Crippen molar-refractivity contribution in [1.82, 2.24) is 30.3 Å². The molecule has 1 saturated carbocycles. The van der Waals surface area contributed by atoms with Gasteiger partial charge < -0.3 is 5.32 Å². The Balaban J connectivity index is 1.60. The number of aromatic nitrogens is 5. The summed E-state index contributed by atoms with van der Waals surface area (Å²) in [5, 5.41) is 12.0.